The van der Waals surface area contributed by atoms with Crippen molar-refractivity contribution in [1.29, 1.82) is 0 Å². The van der Waals surface area contributed by atoms with Crippen LogP contribution in [-0.4, -0.2) is 32.6 Å². The predicted octanol–water partition coefficient (Wildman–Crippen LogP) is 2.31. The van der Waals surface area contributed by atoms with E-state index in [9.17, 15) is 30.3 Å². The Morgan fingerprint density at radius 2 is 1.52 bits per heavy atom. The molecule has 0 aliphatic carbocycles. The van der Waals surface area contributed by atoms with Crippen molar-refractivity contribution in [1.82, 2.24) is 0 Å². The minimum Gasteiger partial charge on any atom is -0.507 e. The zero-order valence-electron chi connectivity index (χ0n) is 13.2. The first kappa shape index (κ1) is 16.3. The minimum atomic E-state index is -0.924. The zero-order valence-corrected chi connectivity index (χ0v) is 13.2. The number of rotatable bonds is 2. The van der Waals surface area contributed by atoms with Crippen LogP contribution in [0.1, 0.15) is 5.56 Å². The highest BCUT2D eigenvalue weighted by molar-refractivity contribution is 5.89. The summed E-state index contributed by atoms with van der Waals surface area (Å²) in [7, 11) is 1.25. The summed E-state index contributed by atoms with van der Waals surface area (Å²) < 4.78 is 10.2. The molecule has 0 bridgehead atoms. The lowest BCUT2D eigenvalue weighted by Gasteiger charge is -2.11. The van der Waals surface area contributed by atoms with Crippen LogP contribution in [0.15, 0.2) is 27.4 Å². The largest absolute Gasteiger partial charge is 0.507 e. The first-order valence-corrected chi connectivity index (χ1v) is 7.07. The Bertz CT molecular complexity index is 1040. The number of methoxy groups -OCH3 is 1. The standard InChI is InChI=1S/C17H14O8/c1-6-8(18)5-11-12(13(6)21)14(22)15(23)16(25-11)7-3-9(19)17(24-2)10(20)4-7/h3-5,18-21,23H,1-2H3. The Morgan fingerprint density at radius 1 is 0.920 bits per heavy atom. The van der Waals surface area contributed by atoms with Crippen molar-refractivity contribution >= 4 is 11.0 Å². The molecule has 25 heavy (non-hydrogen) atoms. The number of ether oxygens (including phenoxy) is 1. The van der Waals surface area contributed by atoms with Crippen LogP contribution in [-0.2, 0) is 0 Å². The van der Waals surface area contributed by atoms with Gasteiger partial charge in [-0.2, -0.15) is 0 Å². The highest BCUT2D eigenvalue weighted by atomic mass is 16.5. The van der Waals surface area contributed by atoms with E-state index in [-0.39, 0.29) is 39.4 Å². The first-order chi connectivity index (χ1) is 11.8. The van der Waals surface area contributed by atoms with Crippen LogP contribution in [0.4, 0.5) is 0 Å². The number of benzene rings is 2. The molecule has 2 aromatic carbocycles. The molecule has 0 unspecified atom stereocenters. The summed E-state index contributed by atoms with van der Waals surface area (Å²) >= 11 is 0. The number of hydrogen-bond acceptors (Lipinski definition) is 8. The smallest absolute Gasteiger partial charge is 0.238 e. The lowest BCUT2D eigenvalue weighted by Crippen LogP contribution is -2.03. The van der Waals surface area contributed by atoms with Gasteiger partial charge in [-0.15, -0.1) is 0 Å². The van der Waals surface area contributed by atoms with Gasteiger partial charge in [0.15, 0.2) is 17.3 Å². The molecule has 8 nitrogen and oxygen atoms in total. The lowest BCUT2D eigenvalue weighted by molar-refractivity contribution is 0.344. The molecule has 5 N–H and O–H groups in total. The van der Waals surface area contributed by atoms with Gasteiger partial charge in [0.25, 0.3) is 0 Å². The van der Waals surface area contributed by atoms with Crippen molar-refractivity contribution in [3.8, 4) is 45.8 Å². The van der Waals surface area contributed by atoms with Crippen LogP contribution in [0.5, 0.6) is 34.5 Å². The fraction of sp³-hybridized carbons (Fsp3) is 0.118. The van der Waals surface area contributed by atoms with Gasteiger partial charge in [-0.05, 0) is 19.1 Å². The topological polar surface area (TPSA) is 141 Å². The third-order valence-corrected chi connectivity index (χ3v) is 3.88. The van der Waals surface area contributed by atoms with Crippen molar-refractivity contribution in [2.75, 3.05) is 7.11 Å². The predicted molar refractivity (Wildman–Crippen MR) is 87.5 cm³/mol. The van der Waals surface area contributed by atoms with E-state index in [0.717, 1.165) is 18.2 Å². The van der Waals surface area contributed by atoms with Gasteiger partial charge in [-0.25, -0.2) is 0 Å². The van der Waals surface area contributed by atoms with E-state index in [1.807, 2.05) is 0 Å². The van der Waals surface area contributed by atoms with Crippen LogP contribution < -0.4 is 10.2 Å². The second kappa shape index (κ2) is 5.52. The van der Waals surface area contributed by atoms with E-state index in [0.29, 0.717) is 0 Å². The Balaban J connectivity index is 2.38. The fourth-order valence-electron chi connectivity index (χ4n) is 2.54. The summed E-state index contributed by atoms with van der Waals surface area (Å²) in [6, 6.07) is 3.37. The van der Waals surface area contributed by atoms with Gasteiger partial charge < -0.3 is 34.7 Å². The molecule has 0 spiro atoms. The van der Waals surface area contributed by atoms with Crippen molar-refractivity contribution in [2.24, 2.45) is 0 Å². The summed E-state index contributed by atoms with van der Waals surface area (Å²) in [5.41, 5.74) is -1.04. The Hall–Kier alpha value is -3.55. The molecule has 130 valence electrons. The molecule has 0 amide bonds. The molecule has 0 radical (unpaired) electrons. The van der Waals surface area contributed by atoms with Gasteiger partial charge >= 0.3 is 0 Å². The quantitative estimate of drug-likeness (QED) is 0.476. The van der Waals surface area contributed by atoms with Gasteiger partial charge in [0, 0.05) is 17.2 Å². The van der Waals surface area contributed by atoms with Crippen molar-refractivity contribution in [2.45, 2.75) is 6.92 Å². The molecular weight excluding hydrogens is 332 g/mol. The lowest BCUT2D eigenvalue weighted by atomic mass is 10.1. The van der Waals surface area contributed by atoms with Gasteiger partial charge in [-0.3, -0.25) is 4.79 Å². The van der Waals surface area contributed by atoms with Crippen LogP contribution in [0.25, 0.3) is 22.3 Å². The third kappa shape index (κ3) is 2.35. The molecular formula is C17H14O8. The number of fused-ring (bicyclic) bond motifs is 1. The number of hydrogen-bond donors (Lipinski definition) is 5. The zero-order chi connectivity index (χ0) is 18.5. The Morgan fingerprint density at radius 3 is 2.08 bits per heavy atom. The summed E-state index contributed by atoms with van der Waals surface area (Å²) in [5.74, 6) is -3.04. The molecule has 8 heteroatoms. The summed E-state index contributed by atoms with van der Waals surface area (Å²) in [6.07, 6.45) is 0. The summed E-state index contributed by atoms with van der Waals surface area (Å²) in [5, 5.41) is 49.4. The van der Waals surface area contributed by atoms with Crippen molar-refractivity contribution in [3.05, 3.63) is 34.0 Å². The monoisotopic (exact) mass is 346 g/mol. The van der Waals surface area contributed by atoms with Crippen LogP contribution >= 0.6 is 0 Å². The Labute approximate surface area is 140 Å². The third-order valence-electron chi connectivity index (χ3n) is 3.88. The maximum Gasteiger partial charge on any atom is 0.238 e. The molecule has 0 atom stereocenters. The molecule has 0 saturated carbocycles. The van der Waals surface area contributed by atoms with E-state index in [1.54, 1.807) is 0 Å². The minimum absolute atomic E-state index is 0.00754. The van der Waals surface area contributed by atoms with E-state index < -0.39 is 28.4 Å². The normalized spacial score (nSPS) is 11.0. The van der Waals surface area contributed by atoms with E-state index in [1.165, 1.54) is 14.0 Å². The van der Waals surface area contributed by atoms with Crippen molar-refractivity contribution in [3.63, 3.8) is 0 Å². The molecule has 3 aromatic rings. The second-order valence-electron chi connectivity index (χ2n) is 5.40. The average molecular weight is 346 g/mol. The first-order valence-electron chi connectivity index (χ1n) is 7.07. The number of phenolic OH excluding ortho intramolecular Hbond substituents is 4. The number of aromatic hydroxyl groups is 5. The molecule has 1 aromatic heterocycles. The SMILES string of the molecule is COc1c(O)cc(-c2oc3cc(O)c(C)c(O)c3c(=O)c2O)cc1O. The Kier molecular flexibility index (Phi) is 3.60. The van der Waals surface area contributed by atoms with Crippen LogP contribution in [0.3, 0.4) is 0 Å². The van der Waals surface area contributed by atoms with E-state index >= 15 is 0 Å². The molecule has 0 fully saturated rings. The molecule has 0 aliphatic rings. The summed E-state index contributed by atoms with van der Waals surface area (Å²) in [4.78, 5) is 12.4. The van der Waals surface area contributed by atoms with Crippen LogP contribution in [0, 0.1) is 6.92 Å². The van der Waals surface area contributed by atoms with Gasteiger partial charge in [0.1, 0.15) is 22.5 Å². The van der Waals surface area contributed by atoms with Gasteiger partial charge in [0.2, 0.25) is 16.9 Å². The van der Waals surface area contributed by atoms with E-state index in [2.05, 4.69) is 0 Å². The molecule has 0 saturated heterocycles. The average Bonchev–Trinajstić information content (AvgIpc) is 2.55. The molecule has 3 rings (SSSR count). The number of phenols is 4. The van der Waals surface area contributed by atoms with Crippen LogP contribution in [0.2, 0.25) is 0 Å². The second-order valence-corrected chi connectivity index (χ2v) is 5.40. The maximum atomic E-state index is 12.4. The van der Waals surface area contributed by atoms with Gasteiger partial charge in [0.05, 0.1) is 7.11 Å². The highest BCUT2D eigenvalue weighted by Crippen LogP contribution is 2.43. The molecule has 1 heterocycles. The fourth-order valence-corrected chi connectivity index (χ4v) is 2.54. The van der Waals surface area contributed by atoms with Gasteiger partial charge in [-0.1, -0.05) is 0 Å². The van der Waals surface area contributed by atoms with E-state index in [4.69, 9.17) is 9.15 Å². The summed E-state index contributed by atoms with van der Waals surface area (Å²) in [6.45, 7) is 1.40. The highest BCUT2D eigenvalue weighted by Gasteiger charge is 2.22. The maximum absolute atomic E-state index is 12.4. The van der Waals surface area contributed by atoms with Crippen molar-refractivity contribution < 1.29 is 34.7 Å². The molecule has 0 aliphatic heterocycles.